The lowest BCUT2D eigenvalue weighted by atomic mass is 10.0. The molecular formula is C17H20N2O6S. The van der Waals surface area contributed by atoms with E-state index in [1.165, 1.54) is 12.1 Å². The van der Waals surface area contributed by atoms with Crippen molar-refractivity contribution in [3.8, 4) is 5.75 Å². The van der Waals surface area contributed by atoms with Crippen LogP contribution in [-0.2, 0) is 12.8 Å². The van der Waals surface area contributed by atoms with Crippen molar-refractivity contribution in [1.82, 2.24) is 4.72 Å². The number of aromatic carboxylic acids is 1. The number of carbonyl (C=O) groups is 1. The molecule has 6 N–H and O–H groups in total. The van der Waals surface area contributed by atoms with Crippen molar-refractivity contribution in [2.45, 2.75) is 19.1 Å². The molecule has 0 saturated carbocycles. The number of nitrogens with zero attached hydrogens (tertiary/aromatic N) is 1. The van der Waals surface area contributed by atoms with Crippen LogP contribution in [-0.4, -0.2) is 43.2 Å². The fourth-order valence-corrected chi connectivity index (χ4v) is 4.21. The van der Waals surface area contributed by atoms with E-state index < -0.39 is 23.2 Å². The maximum Gasteiger partial charge on any atom is 0.335 e. The van der Waals surface area contributed by atoms with Crippen LogP contribution in [0.15, 0.2) is 42.5 Å². The van der Waals surface area contributed by atoms with E-state index in [4.69, 9.17) is 5.11 Å². The number of hydrogen-bond donors (Lipinski definition) is 6. The predicted octanol–water partition coefficient (Wildman–Crippen LogP) is 2.18. The zero-order valence-corrected chi connectivity index (χ0v) is 14.6. The van der Waals surface area contributed by atoms with Crippen LogP contribution in [0.4, 0.5) is 5.69 Å². The van der Waals surface area contributed by atoms with E-state index in [1.54, 1.807) is 24.3 Å². The summed E-state index contributed by atoms with van der Waals surface area (Å²) in [6, 6.07) is 11.5. The van der Waals surface area contributed by atoms with Crippen molar-refractivity contribution in [2.24, 2.45) is 0 Å². The minimum atomic E-state index is -3.38. The molecule has 1 aliphatic heterocycles. The summed E-state index contributed by atoms with van der Waals surface area (Å²) in [4.78, 5) is 11.0. The Labute approximate surface area is 151 Å². The van der Waals surface area contributed by atoms with Crippen molar-refractivity contribution in [3.05, 3.63) is 59.2 Å². The molecule has 9 heteroatoms. The minimum absolute atomic E-state index is 0.0583. The maximum atomic E-state index is 11.0. The molecule has 1 unspecified atom stereocenters. The zero-order valence-electron chi connectivity index (χ0n) is 13.7. The van der Waals surface area contributed by atoms with E-state index in [2.05, 4.69) is 4.72 Å². The Balaban J connectivity index is 1.72. The lowest BCUT2D eigenvalue weighted by Crippen LogP contribution is -2.25. The van der Waals surface area contributed by atoms with Gasteiger partial charge in [0.2, 0.25) is 0 Å². The van der Waals surface area contributed by atoms with Gasteiger partial charge in [-0.3, -0.25) is 13.4 Å². The molecule has 0 aromatic heterocycles. The largest absolute Gasteiger partial charge is 0.506 e. The second-order valence-corrected chi connectivity index (χ2v) is 7.76. The number of carboxylic acid groups (broad SMARTS) is 1. The Morgan fingerprint density at radius 3 is 2.42 bits per heavy atom. The summed E-state index contributed by atoms with van der Waals surface area (Å²) in [7, 11) is -3.38. The molecule has 0 bridgehead atoms. The monoisotopic (exact) mass is 380 g/mol. The number of phenols is 1. The molecule has 0 aliphatic carbocycles. The van der Waals surface area contributed by atoms with Crippen LogP contribution >= 0.6 is 11.0 Å². The number of aliphatic hydroxyl groups is 1. The Morgan fingerprint density at radius 2 is 1.85 bits per heavy atom. The Kier molecular flexibility index (Phi) is 5.08. The van der Waals surface area contributed by atoms with Crippen molar-refractivity contribution in [3.63, 3.8) is 0 Å². The second kappa shape index (κ2) is 7.14. The summed E-state index contributed by atoms with van der Waals surface area (Å²) >= 11 is 0. The summed E-state index contributed by atoms with van der Waals surface area (Å²) in [5.41, 5.74) is 2.13. The van der Waals surface area contributed by atoms with Gasteiger partial charge < -0.3 is 15.3 Å². The van der Waals surface area contributed by atoms with Crippen LogP contribution in [0.5, 0.6) is 5.75 Å². The van der Waals surface area contributed by atoms with Crippen molar-refractivity contribution < 1.29 is 29.2 Å². The molecule has 0 radical (unpaired) electrons. The molecule has 1 aliphatic rings. The van der Waals surface area contributed by atoms with E-state index in [1.807, 2.05) is 6.07 Å². The molecule has 0 amide bonds. The van der Waals surface area contributed by atoms with Gasteiger partial charge in [0.1, 0.15) is 17.7 Å². The molecule has 1 saturated heterocycles. The molecule has 1 fully saturated rings. The summed E-state index contributed by atoms with van der Waals surface area (Å²) in [6.45, 7) is -0.0583. The molecule has 2 aromatic carbocycles. The highest BCUT2D eigenvalue weighted by molar-refractivity contribution is 8.24. The average molecular weight is 380 g/mol. The first kappa shape index (κ1) is 18.5. The van der Waals surface area contributed by atoms with E-state index in [0.29, 0.717) is 12.8 Å². The summed E-state index contributed by atoms with van der Waals surface area (Å²) in [5, 5.41) is 28.8. The highest BCUT2D eigenvalue weighted by Crippen LogP contribution is 2.49. The van der Waals surface area contributed by atoms with Crippen LogP contribution in [0, 0.1) is 0 Å². The topological polar surface area (TPSA) is 133 Å². The van der Waals surface area contributed by atoms with Crippen molar-refractivity contribution >= 4 is 22.6 Å². The Bertz CT molecular complexity index is 829. The number of β-amino-alcohol motifs (C(OH)–C–C–N with tert-alkyl or cyclic N) is 1. The van der Waals surface area contributed by atoms with Gasteiger partial charge in [-0.25, -0.2) is 4.79 Å². The summed E-state index contributed by atoms with van der Waals surface area (Å²) in [5.74, 6) is -1.10. The molecule has 140 valence electrons. The highest BCUT2D eigenvalue weighted by atomic mass is 32.3. The Hall–Kier alpha value is -2.30. The molecule has 8 nitrogen and oxygen atoms in total. The third-order valence-electron chi connectivity index (χ3n) is 4.13. The van der Waals surface area contributed by atoms with Gasteiger partial charge >= 0.3 is 5.97 Å². The minimum Gasteiger partial charge on any atom is -0.506 e. The van der Waals surface area contributed by atoms with Gasteiger partial charge in [-0.05, 0) is 48.2 Å². The standard InChI is InChI=1S/C17H20N2O6S/c20-15-9-12(5-4-11-2-1-3-13(8-11)17(22)23)6-7-14(15)19-10-16(21)18-26(19,24)25/h1-3,6-9,16,18,20-21,24-25H,4-5,10H2,(H,22,23). The lowest BCUT2D eigenvalue weighted by Gasteiger charge is -2.36. The van der Waals surface area contributed by atoms with E-state index in [-0.39, 0.29) is 23.5 Å². The second-order valence-electron chi connectivity index (χ2n) is 6.04. The summed E-state index contributed by atoms with van der Waals surface area (Å²) in [6.07, 6.45) is 0.0770. The number of carboxylic acids is 1. The van der Waals surface area contributed by atoms with Gasteiger partial charge in [-0.2, -0.15) is 4.72 Å². The van der Waals surface area contributed by atoms with Gasteiger partial charge in [0, 0.05) is 0 Å². The number of phenolic OH excluding ortho intramolecular Hbond substituents is 1. The van der Waals surface area contributed by atoms with Crippen LogP contribution < -0.4 is 9.03 Å². The van der Waals surface area contributed by atoms with E-state index >= 15 is 0 Å². The predicted molar refractivity (Wildman–Crippen MR) is 98.3 cm³/mol. The quantitative estimate of drug-likeness (QED) is 0.465. The molecule has 0 spiro atoms. The smallest absolute Gasteiger partial charge is 0.335 e. The fraction of sp³-hybridized carbons (Fsp3) is 0.235. The molecule has 26 heavy (non-hydrogen) atoms. The number of rotatable bonds is 5. The number of anilines is 1. The first-order valence-corrected chi connectivity index (χ1v) is 9.42. The average Bonchev–Trinajstić information content (AvgIpc) is 2.85. The van der Waals surface area contributed by atoms with Gasteiger partial charge in [0.15, 0.2) is 0 Å². The molecule has 1 atom stereocenters. The van der Waals surface area contributed by atoms with Crippen LogP contribution in [0.2, 0.25) is 0 Å². The van der Waals surface area contributed by atoms with Crippen molar-refractivity contribution in [2.75, 3.05) is 10.8 Å². The lowest BCUT2D eigenvalue weighted by molar-refractivity contribution is 0.0696. The van der Waals surface area contributed by atoms with E-state index in [9.17, 15) is 24.1 Å². The fourth-order valence-electron chi connectivity index (χ4n) is 2.86. The maximum absolute atomic E-state index is 11.0. The first-order chi connectivity index (χ1) is 12.3. The van der Waals surface area contributed by atoms with Gasteiger partial charge in [-0.1, -0.05) is 29.2 Å². The molecule has 1 heterocycles. The van der Waals surface area contributed by atoms with Crippen molar-refractivity contribution in [1.29, 1.82) is 0 Å². The highest BCUT2D eigenvalue weighted by Gasteiger charge is 2.36. The van der Waals surface area contributed by atoms with Gasteiger partial charge in [-0.15, -0.1) is 0 Å². The van der Waals surface area contributed by atoms with E-state index in [0.717, 1.165) is 15.4 Å². The number of benzene rings is 2. The third kappa shape index (κ3) is 3.92. The number of hydrogen-bond acceptors (Lipinski definition) is 7. The van der Waals surface area contributed by atoms with Crippen LogP contribution in [0.3, 0.4) is 0 Å². The third-order valence-corrected chi connectivity index (χ3v) is 5.67. The van der Waals surface area contributed by atoms with Gasteiger partial charge in [0.25, 0.3) is 0 Å². The summed E-state index contributed by atoms with van der Waals surface area (Å²) < 4.78 is 23.3. The molecule has 2 aromatic rings. The number of aryl methyl sites for hydroxylation is 2. The zero-order chi connectivity index (χ0) is 18.9. The number of aliphatic hydroxyl groups excluding tert-OH is 1. The molecular weight excluding hydrogens is 360 g/mol. The normalized spacial score (nSPS) is 20.1. The SMILES string of the molecule is O=C(O)c1cccc(CCc2ccc(N3CC(O)NS3(O)O)c(O)c2)c1. The first-order valence-electron chi connectivity index (χ1n) is 7.91. The Morgan fingerprint density at radius 1 is 1.15 bits per heavy atom. The number of nitrogens with one attached hydrogen (secondary N) is 1. The molecule has 3 rings (SSSR count). The van der Waals surface area contributed by atoms with Crippen LogP contribution in [0.1, 0.15) is 21.5 Å². The van der Waals surface area contributed by atoms with Gasteiger partial charge in [0.05, 0.1) is 12.1 Å². The van der Waals surface area contributed by atoms with Crippen LogP contribution in [0.25, 0.3) is 0 Å². The number of aromatic hydroxyl groups is 1.